The number of nitrogens with zero attached hydrogens (tertiary/aromatic N) is 5. The maximum Gasteiger partial charge on any atom is 0.410 e. The molecule has 1 aromatic carbocycles. The number of rotatable bonds is 3. The van der Waals surface area contributed by atoms with Crippen LogP contribution < -0.4 is 4.90 Å². The number of carbonyl (C=O) groups is 1. The Kier molecular flexibility index (Phi) is 4.84. The number of oxazole rings is 1. The molecule has 0 saturated carbocycles. The minimum atomic E-state index is -0.501. The van der Waals surface area contributed by atoms with Gasteiger partial charge in [0.2, 0.25) is 0 Å². The average Bonchev–Trinajstić information content (AvgIpc) is 3.48. The molecule has 3 saturated heterocycles. The van der Waals surface area contributed by atoms with Crippen LogP contribution in [0.3, 0.4) is 0 Å². The Bertz CT molecular complexity index is 1330. The smallest absolute Gasteiger partial charge is 0.410 e. The molecule has 1 amide bonds. The Morgan fingerprint density at radius 2 is 2.00 bits per heavy atom. The van der Waals surface area contributed by atoms with Gasteiger partial charge in [0, 0.05) is 42.6 Å². The van der Waals surface area contributed by atoms with Gasteiger partial charge in [-0.05, 0) is 51.0 Å². The maximum absolute atomic E-state index is 12.6. The molecule has 3 aromatic heterocycles. The Morgan fingerprint density at radius 3 is 2.68 bits per heavy atom. The first-order chi connectivity index (χ1) is 16.4. The molecule has 6 heterocycles. The lowest BCUT2D eigenvalue weighted by atomic mass is 9.88. The number of hydrogen-bond donors (Lipinski definition) is 0. The van der Waals surface area contributed by atoms with E-state index >= 15 is 0 Å². The second kappa shape index (κ2) is 7.80. The summed E-state index contributed by atoms with van der Waals surface area (Å²) in [4.78, 5) is 30.3. The van der Waals surface area contributed by atoms with Crippen LogP contribution in [0, 0.1) is 0 Å². The first kappa shape index (κ1) is 21.1. The van der Waals surface area contributed by atoms with E-state index in [4.69, 9.17) is 14.1 Å². The molecule has 7 rings (SSSR count). The fourth-order valence-electron chi connectivity index (χ4n) is 4.75. The van der Waals surface area contributed by atoms with E-state index in [1.54, 1.807) is 23.7 Å². The largest absolute Gasteiger partial charge is 0.444 e. The molecule has 0 radical (unpaired) electrons. The van der Waals surface area contributed by atoms with E-state index in [0.29, 0.717) is 19.1 Å². The van der Waals surface area contributed by atoms with Crippen LogP contribution in [0.15, 0.2) is 52.7 Å². The number of fused-ring (bicyclic) bond motifs is 3. The fourth-order valence-corrected chi connectivity index (χ4v) is 5.40. The third-order valence-corrected chi connectivity index (χ3v) is 7.01. The van der Waals surface area contributed by atoms with Crippen molar-refractivity contribution in [2.75, 3.05) is 18.0 Å². The minimum absolute atomic E-state index is 0.105. The van der Waals surface area contributed by atoms with Crippen molar-refractivity contribution in [1.29, 1.82) is 0 Å². The zero-order chi connectivity index (χ0) is 23.4. The molecule has 9 heteroatoms. The van der Waals surface area contributed by atoms with Gasteiger partial charge in [-0.15, -0.1) is 11.3 Å². The summed E-state index contributed by atoms with van der Waals surface area (Å²) < 4.78 is 11.9. The fraction of sp³-hybridized carbons (Fsp3) is 0.360. The number of ether oxygens (including phenoxy) is 1. The summed E-state index contributed by atoms with van der Waals surface area (Å²) in [5.41, 5.74) is 3.95. The van der Waals surface area contributed by atoms with Crippen molar-refractivity contribution in [2.45, 2.75) is 44.9 Å². The Morgan fingerprint density at radius 1 is 1.18 bits per heavy atom. The molecule has 0 spiro atoms. The number of pyridine rings is 1. The first-order valence-corrected chi connectivity index (χ1v) is 12.2. The summed E-state index contributed by atoms with van der Waals surface area (Å²) in [6.07, 6.45) is 6.14. The number of aromatic nitrogens is 3. The Balaban J connectivity index is 1.32. The molecular formula is C25H25N5O3S. The van der Waals surface area contributed by atoms with Crippen LogP contribution in [-0.2, 0) is 4.74 Å². The van der Waals surface area contributed by atoms with E-state index in [1.165, 1.54) is 0 Å². The lowest BCUT2D eigenvalue weighted by Crippen LogP contribution is -2.70. The van der Waals surface area contributed by atoms with Gasteiger partial charge in [0.1, 0.15) is 16.1 Å². The number of benzene rings is 1. The van der Waals surface area contributed by atoms with E-state index in [1.807, 2.05) is 55.4 Å². The number of thiazole rings is 1. The Labute approximate surface area is 201 Å². The third kappa shape index (κ3) is 3.69. The van der Waals surface area contributed by atoms with Crippen molar-refractivity contribution in [3.05, 3.63) is 48.2 Å². The quantitative estimate of drug-likeness (QED) is 0.402. The molecule has 3 aliphatic rings. The molecule has 0 aliphatic carbocycles. The van der Waals surface area contributed by atoms with E-state index in [0.717, 1.165) is 39.2 Å². The van der Waals surface area contributed by atoms with E-state index < -0.39 is 5.60 Å². The van der Waals surface area contributed by atoms with Gasteiger partial charge in [0.25, 0.3) is 6.01 Å². The highest BCUT2D eigenvalue weighted by atomic mass is 32.1. The van der Waals surface area contributed by atoms with Gasteiger partial charge in [0.15, 0.2) is 5.58 Å². The van der Waals surface area contributed by atoms with Crippen LogP contribution in [-0.4, -0.2) is 56.7 Å². The number of carbonyl (C=O) groups excluding carboxylic acids is 1. The highest BCUT2D eigenvalue weighted by Crippen LogP contribution is 2.40. The van der Waals surface area contributed by atoms with Crippen LogP contribution in [0.5, 0.6) is 0 Å². The average molecular weight is 476 g/mol. The predicted molar refractivity (Wildman–Crippen MR) is 131 cm³/mol. The number of hydrogen-bond acceptors (Lipinski definition) is 8. The van der Waals surface area contributed by atoms with Crippen LogP contribution in [0.2, 0.25) is 0 Å². The molecule has 3 fully saturated rings. The van der Waals surface area contributed by atoms with Gasteiger partial charge in [0.05, 0.1) is 17.6 Å². The molecular weight excluding hydrogens is 450 g/mol. The zero-order valence-corrected chi connectivity index (χ0v) is 20.1. The molecule has 3 aliphatic heterocycles. The van der Waals surface area contributed by atoms with Gasteiger partial charge in [-0.2, -0.15) is 4.98 Å². The van der Waals surface area contributed by atoms with Crippen molar-refractivity contribution in [2.24, 2.45) is 0 Å². The lowest BCUT2D eigenvalue weighted by Gasteiger charge is -2.55. The summed E-state index contributed by atoms with van der Waals surface area (Å²) in [5, 5.41) is 2.84. The van der Waals surface area contributed by atoms with E-state index in [9.17, 15) is 4.79 Å². The third-order valence-electron chi connectivity index (χ3n) is 6.20. The second-order valence-corrected chi connectivity index (χ2v) is 10.7. The summed E-state index contributed by atoms with van der Waals surface area (Å²) in [6.45, 7) is 7.02. The van der Waals surface area contributed by atoms with Gasteiger partial charge in [-0.3, -0.25) is 9.88 Å². The van der Waals surface area contributed by atoms with E-state index in [-0.39, 0.29) is 18.2 Å². The number of amides is 1. The zero-order valence-electron chi connectivity index (χ0n) is 19.3. The SMILES string of the molecule is CC(C)(C)OC(=O)N1C2CC1CN(c1nc3cc(-c4cccnc4)cc(-c4nccs4)c3o1)C2. The molecule has 34 heavy (non-hydrogen) atoms. The molecule has 0 N–H and O–H groups in total. The summed E-state index contributed by atoms with van der Waals surface area (Å²) in [5.74, 6) is 0. The molecule has 2 bridgehead atoms. The number of anilines is 1. The highest BCUT2D eigenvalue weighted by Gasteiger charge is 2.49. The van der Waals surface area contributed by atoms with Crippen molar-refractivity contribution in [3.8, 4) is 21.7 Å². The molecule has 2 atom stereocenters. The summed E-state index contributed by atoms with van der Waals surface area (Å²) >= 11 is 1.57. The van der Waals surface area contributed by atoms with Crippen LogP contribution in [0.1, 0.15) is 27.2 Å². The maximum atomic E-state index is 12.6. The first-order valence-electron chi connectivity index (χ1n) is 11.4. The van der Waals surface area contributed by atoms with Crippen molar-refractivity contribution >= 4 is 34.5 Å². The Hall–Kier alpha value is -3.46. The summed E-state index contributed by atoms with van der Waals surface area (Å²) in [7, 11) is 0. The van der Waals surface area contributed by atoms with Gasteiger partial charge in [-0.25, -0.2) is 9.78 Å². The van der Waals surface area contributed by atoms with Crippen molar-refractivity contribution < 1.29 is 13.9 Å². The monoisotopic (exact) mass is 475 g/mol. The molecule has 4 aromatic rings. The van der Waals surface area contributed by atoms with Gasteiger partial charge >= 0.3 is 6.09 Å². The highest BCUT2D eigenvalue weighted by molar-refractivity contribution is 7.13. The number of piperidine rings is 1. The van der Waals surface area contributed by atoms with E-state index in [2.05, 4.69) is 20.9 Å². The van der Waals surface area contributed by atoms with Crippen LogP contribution in [0.4, 0.5) is 10.8 Å². The van der Waals surface area contributed by atoms with Crippen molar-refractivity contribution in [1.82, 2.24) is 19.9 Å². The van der Waals surface area contributed by atoms with Gasteiger partial charge < -0.3 is 14.1 Å². The summed E-state index contributed by atoms with van der Waals surface area (Å²) in [6, 6.07) is 8.87. The minimum Gasteiger partial charge on any atom is -0.444 e. The number of piperazine rings is 1. The molecule has 174 valence electrons. The van der Waals surface area contributed by atoms with Gasteiger partial charge in [-0.1, -0.05) is 6.07 Å². The predicted octanol–water partition coefficient (Wildman–Crippen LogP) is 5.21. The topological polar surface area (TPSA) is 84.6 Å². The molecule has 2 unspecified atom stereocenters. The standard InChI is InChI=1S/C25H25N5O3S/c1-25(2,3)33-24(31)30-17-11-18(30)14-29(13-17)23-28-20-10-16(15-5-4-6-26-12-15)9-19(21(20)32-23)22-27-7-8-34-22/h4-10,12,17-18H,11,13-14H2,1-3H3. The lowest BCUT2D eigenvalue weighted by molar-refractivity contribution is -0.0386. The second-order valence-electron chi connectivity index (χ2n) is 9.78. The normalized spacial score (nSPS) is 19.9. The van der Waals surface area contributed by atoms with Crippen molar-refractivity contribution in [3.63, 3.8) is 0 Å². The van der Waals surface area contributed by atoms with Crippen LogP contribution in [0.25, 0.3) is 32.8 Å². The van der Waals surface area contributed by atoms with Crippen LogP contribution >= 0.6 is 11.3 Å². The molecule has 8 nitrogen and oxygen atoms in total.